The Balaban J connectivity index is 2.25. The fourth-order valence-electron chi connectivity index (χ4n) is 2.30. The number of benzene rings is 1. The number of rotatable bonds is 3. The van der Waals surface area contributed by atoms with Gasteiger partial charge in [0.1, 0.15) is 5.82 Å². The van der Waals surface area contributed by atoms with Gasteiger partial charge in [-0.05, 0) is 38.1 Å². The van der Waals surface area contributed by atoms with Gasteiger partial charge in [-0.1, -0.05) is 22.0 Å². The Morgan fingerprint density at radius 2 is 2.06 bits per heavy atom. The summed E-state index contributed by atoms with van der Waals surface area (Å²) in [7, 11) is 0. The fraction of sp³-hybridized carbons (Fsp3) is 0.500. The molecule has 1 saturated heterocycles. The van der Waals surface area contributed by atoms with Crippen molar-refractivity contribution in [3.63, 3.8) is 0 Å². The molecule has 0 saturated carbocycles. The maximum absolute atomic E-state index is 13.8. The van der Waals surface area contributed by atoms with E-state index < -0.39 is 0 Å². The summed E-state index contributed by atoms with van der Waals surface area (Å²) in [5, 5.41) is 0. The second kappa shape index (κ2) is 5.25. The lowest BCUT2D eigenvalue weighted by Gasteiger charge is -2.26. The largest absolute Gasteiger partial charge is 0.329 e. The van der Waals surface area contributed by atoms with Gasteiger partial charge in [0.25, 0.3) is 0 Å². The lowest BCUT2D eigenvalue weighted by atomic mass is 10.1. The van der Waals surface area contributed by atoms with Gasteiger partial charge in [-0.15, -0.1) is 0 Å². The third-order valence-corrected chi connectivity index (χ3v) is 3.62. The number of halogens is 2. The average Bonchev–Trinajstić information content (AvgIpc) is 2.75. The predicted molar refractivity (Wildman–Crippen MR) is 66.7 cm³/mol. The Hall–Kier alpha value is -0.450. The zero-order chi connectivity index (χ0) is 11.5. The summed E-state index contributed by atoms with van der Waals surface area (Å²) in [5.41, 5.74) is 6.49. The highest BCUT2D eigenvalue weighted by molar-refractivity contribution is 9.10. The molecule has 2 rings (SSSR count). The summed E-state index contributed by atoms with van der Waals surface area (Å²) in [4.78, 5) is 2.27. The Morgan fingerprint density at radius 1 is 1.38 bits per heavy atom. The highest BCUT2D eigenvalue weighted by atomic mass is 79.9. The van der Waals surface area contributed by atoms with Crippen LogP contribution in [0.4, 0.5) is 4.39 Å². The number of hydrogen-bond donors (Lipinski definition) is 1. The smallest absolute Gasteiger partial charge is 0.129 e. The quantitative estimate of drug-likeness (QED) is 0.926. The molecule has 1 heterocycles. The second-order valence-corrected chi connectivity index (χ2v) is 5.08. The van der Waals surface area contributed by atoms with Crippen molar-refractivity contribution in [2.45, 2.75) is 18.9 Å². The maximum atomic E-state index is 13.8. The third kappa shape index (κ3) is 2.44. The molecule has 2 N–H and O–H groups in total. The van der Waals surface area contributed by atoms with Crippen LogP contribution in [0.2, 0.25) is 0 Å². The first-order chi connectivity index (χ1) is 7.72. The molecule has 0 aliphatic carbocycles. The van der Waals surface area contributed by atoms with Gasteiger partial charge in [-0.3, -0.25) is 4.90 Å². The lowest BCUT2D eigenvalue weighted by molar-refractivity contribution is 0.246. The average molecular weight is 287 g/mol. The molecule has 1 aliphatic rings. The molecule has 0 radical (unpaired) electrons. The van der Waals surface area contributed by atoms with Crippen LogP contribution in [0.3, 0.4) is 0 Å². The number of likely N-dealkylation sites (tertiary alicyclic amines) is 1. The monoisotopic (exact) mass is 286 g/mol. The van der Waals surface area contributed by atoms with Crippen molar-refractivity contribution >= 4 is 15.9 Å². The Bertz CT molecular complexity index is 364. The van der Waals surface area contributed by atoms with E-state index in [0.29, 0.717) is 12.1 Å². The summed E-state index contributed by atoms with van der Waals surface area (Å²) in [5.74, 6) is -0.170. The molecule has 1 atom stereocenters. The Kier molecular flexibility index (Phi) is 3.95. The molecule has 4 heteroatoms. The predicted octanol–water partition coefficient (Wildman–Crippen LogP) is 2.68. The van der Waals surface area contributed by atoms with E-state index in [9.17, 15) is 4.39 Å². The molecule has 1 unspecified atom stereocenters. The summed E-state index contributed by atoms with van der Waals surface area (Å²) >= 11 is 3.27. The van der Waals surface area contributed by atoms with Gasteiger partial charge in [0.2, 0.25) is 0 Å². The van der Waals surface area contributed by atoms with Crippen molar-refractivity contribution < 1.29 is 4.39 Å². The third-order valence-electron chi connectivity index (χ3n) is 3.13. The van der Waals surface area contributed by atoms with Gasteiger partial charge >= 0.3 is 0 Å². The summed E-state index contributed by atoms with van der Waals surface area (Å²) in [6.07, 6.45) is 2.38. The van der Waals surface area contributed by atoms with Gasteiger partial charge in [0, 0.05) is 22.6 Å². The van der Waals surface area contributed by atoms with Gasteiger partial charge in [0.05, 0.1) is 0 Å². The van der Waals surface area contributed by atoms with Crippen LogP contribution in [-0.2, 0) is 0 Å². The van der Waals surface area contributed by atoms with Crippen LogP contribution in [0, 0.1) is 5.82 Å². The minimum absolute atomic E-state index is 0.0237. The van der Waals surface area contributed by atoms with Crippen LogP contribution >= 0.6 is 15.9 Å². The van der Waals surface area contributed by atoms with Crippen LogP contribution in [0.5, 0.6) is 0 Å². The molecule has 16 heavy (non-hydrogen) atoms. The SMILES string of the molecule is NCC(c1ccc(Br)cc1F)N1CCCC1. The topological polar surface area (TPSA) is 29.3 Å². The molecule has 0 spiro atoms. The van der Waals surface area contributed by atoms with E-state index in [1.54, 1.807) is 0 Å². The van der Waals surface area contributed by atoms with Crippen molar-refractivity contribution in [1.29, 1.82) is 0 Å². The van der Waals surface area contributed by atoms with E-state index in [1.807, 2.05) is 12.1 Å². The van der Waals surface area contributed by atoms with Gasteiger partial charge in [-0.25, -0.2) is 4.39 Å². The van der Waals surface area contributed by atoms with Crippen molar-refractivity contribution in [3.05, 3.63) is 34.1 Å². The minimum atomic E-state index is -0.170. The Labute approximate surface area is 104 Å². The van der Waals surface area contributed by atoms with E-state index in [-0.39, 0.29) is 11.9 Å². The summed E-state index contributed by atoms with van der Waals surface area (Å²) in [6.45, 7) is 2.52. The Morgan fingerprint density at radius 3 is 2.62 bits per heavy atom. The molecular weight excluding hydrogens is 271 g/mol. The normalized spacial score (nSPS) is 18.9. The molecule has 0 aromatic heterocycles. The van der Waals surface area contributed by atoms with Crippen molar-refractivity contribution in [1.82, 2.24) is 4.90 Å². The second-order valence-electron chi connectivity index (χ2n) is 4.16. The van der Waals surface area contributed by atoms with Crippen molar-refractivity contribution in [2.75, 3.05) is 19.6 Å². The molecule has 1 aromatic carbocycles. The van der Waals surface area contributed by atoms with Crippen LogP contribution < -0.4 is 5.73 Å². The molecular formula is C12H16BrFN2. The first kappa shape index (κ1) is 12.0. The zero-order valence-electron chi connectivity index (χ0n) is 9.13. The number of nitrogens with two attached hydrogens (primary N) is 1. The van der Waals surface area contributed by atoms with Gasteiger partial charge < -0.3 is 5.73 Å². The van der Waals surface area contributed by atoms with Crippen LogP contribution in [0.1, 0.15) is 24.4 Å². The molecule has 0 bridgehead atoms. The molecule has 1 aliphatic heterocycles. The molecule has 2 nitrogen and oxygen atoms in total. The first-order valence-corrected chi connectivity index (χ1v) is 6.40. The van der Waals surface area contributed by atoms with Crippen LogP contribution in [0.15, 0.2) is 22.7 Å². The van der Waals surface area contributed by atoms with Crippen molar-refractivity contribution in [2.24, 2.45) is 5.73 Å². The zero-order valence-corrected chi connectivity index (χ0v) is 10.7. The van der Waals surface area contributed by atoms with E-state index in [2.05, 4.69) is 20.8 Å². The van der Waals surface area contributed by atoms with E-state index in [1.165, 1.54) is 18.9 Å². The van der Waals surface area contributed by atoms with E-state index in [4.69, 9.17) is 5.73 Å². The van der Waals surface area contributed by atoms with E-state index >= 15 is 0 Å². The fourth-order valence-corrected chi connectivity index (χ4v) is 2.63. The maximum Gasteiger partial charge on any atom is 0.129 e. The highest BCUT2D eigenvalue weighted by Gasteiger charge is 2.24. The van der Waals surface area contributed by atoms with Crippen LogP contribution in [0.25, 0.3) is 0 Å². The minimum Gasteiger partial charge on any atom is -0.329 e. The molecule has 1 aromatic rings. The summed E-state index contributed by atoms with van der Waals surface area (Å²) in [6, 6.07) is 5.23. The lowest BCUT2D eigenvalue weighted by Crippen LogP contribution is -2.32. The van der Waals surface area contributed by atoms with Crippen LogP contribution in [-0.4, -0.2) is 24.5 Å². The number of hydrogen-bond acceptors (Lipinski definition) is 2. The number of nitrogens with zero attached hydrogens (tertiary/aromatic N) is 1. The standard InChI is InChI=1S/C12H16BrFN2/c13-9-3-4-10(11(14)7-9)12(8-15)16-5-1-2-6-16/h3-4,7,12H,1-2,5-6,8,15H2. The summed E-state index contributed by atoms with van der Waals surface area (Å²) < 4.78 is 14.6. The van der Waals surface area contributed by atoms with Crippen molar-refractivity contribution in [3.8, 4) is 0 Å². The first-order valence-electron chi connectivity index (χ1n) is 5.61. The molecule has 88 valence electrons. The van der Waals surface area contributed by atoms with Gasteiger partial charge in [-0.2, -0.15) is 0 Å². The molecule has 0 amide bonds. The van der Waals surface area contributed by atoms with Gasteiger partial charge in [0.15, 0.2) is 0 Å². The molecule has 1 fully saturated rings. The van der Waals surface area contributed by atoms with E-state index in [0.717, 1.165) is 17.6 Å². The highest BCUT2D eigenvalue weighted by Crippen LogP contribution is 2.27.